The van der Waals surface area contributed by atoms with Gasteiger partial charge in [0.15, 0.2) is 11.6 Å². The Labute approximate surface area is 120 Å². The molecule has 0 amide bonds. The Morgan fingerprint density at radius 3 is 2.29 bits per heavy atom. The summed E-state index contributed by atoms with van der Waals surface area (Å²) in [5, 5.41) is 0. The number of aryl methyl sites for hydroxylation is 1. The van der Waals surface area contributed by atoms with Crippen molar-refractivity contribution >= 4 is 10.0 Å². The van der Waals surface area contributed by atoms with Gasteiger partial charge in [0.1, 0.15) is 5.82 Å². The van der Waals surface area contributed by atoms with Crippen molar-refractivity contribution < 1.29 is 21.6 Å². The fraction of sp³-hybridized carbons (Fsp3) is 0.143. The summed E-state index contributed by atoms with van der Waals surface area (Å²) in [6, 6.07) is 6.59. The van der Waals surface area contributed by atoms with E-state index < -0.39 is 32.4 Å². The first-order valence-corrected chi connectivity index (χ1v) is 7.47. The van der Waals surface area contributed by atoms with Gasteiger partial charge >= 0.3 is 0 Å². The van der Waals surface area contributed by atoms with Crippen LogP contribution in [0.2, 0.25) is 0 Å². The van der Waals surface area contributed by atoms with Gasteiger partial charge in [0.25, 0.3) is 0 Å². The van der Waals surface area contributed by atoms with Gasteiger partial charge in [0.05, 0.1) is 4.90 Å². The molecule has 0 aliphatic carbocycles. The van der Waals surface area contributed by atoms with E-state index >= 15 is 0 Å². The molecule has 21 heavy (non-hydrogen) atoms. The number of hydrogen-bond acceptors (Lipinski definition) is 2. The van der Waals surface area contributed by atoms with Crippen LogP contribution in [-0.4, -0.2) is 8.42 Å². The average Bonchev–Trinajstić information content (AvgIpc) is 2.43. The summed E-state index contributed by atoms with van der Waals surface area (Å²) < 4.78 is 65.2. The maximum atomic E-state index is 13.4. The van der Waals surface area contributed by atoms with E-state index in [1.807, 2.05) is 0 Å². The van der Waals surface area contributed by atoms with Crippen LogP contribution >= 0.6 is 0 Å². The molecule has 0 aromatic heterocycles. The summed E-state index contributed by atoms with van der Waals surface area (Å²) >= 11 is 0. The second-order valence-electron chi connectivity index (χ2n) is 4.48. The minimum Gasteiger partial charge on any atom is -0.207 e. The second kappa shape index (κ2) is 5.87. The molecule has 0 heterocycles. The molecule has 0 saturated carbocycles. The van der Waals surface area contributed by atoms with Crippen molar-refractivity contribution in [2.24, 2.45) is 0 Å². The van der Waals surface area contributed by atoms with E-state index in [-0.39, 0.29) is 6.54 Å². The van der Waals surface area contributed by atoms with Crippen molar-refractivity contribution in [1.29, 1.82) is 0 Å². The Hall–Kier alpha value is -1.86. The van der Waals surface area contributed by atoms with E-state index in [1.54, 1.807) is 13.0 Å². The van der Waals surface area contributed by atoms with E-state index in [1.165, 1.54) is 12.1 Å². The first kappa shape index (κ1) is 15.5. The van der Waals surface area contributed by atoms with Crippen molar-refractivity contribution in [1.82, 2.24) is 4.72 Å². The standard InChI is InChI=1S/C14H12F3NO2S/c1-9-2-3-10(6-13(9)16)8-18-21(19,20)11-4-5-12(15)14(17)7-11/h2-7,18H,8H2,1H3. The number of hydrogen-bond donors (Lipinski definition) is 1. The van der Waals surface area contributed by atoms with Crippen molar-refractivity contribution in [3.8, 4) is 0 Å². The predicted molar refractivity (Wildman–Crippen MR) is 71.5 cm³/mol. The van der Waals surface area contributed by atoms with Crippen molar-refractivity contribution in [2.45, 2.75) is 18.4 Å². The first-order valence-electron chi connectivity index (χ1n) is 5.99. The quantitative estimate of drug-likeness (QED) is 0.943. The van der Waals surface area contributed by atoms with Crippen LogP contribution in [0, 0.1) is 24.4 Å². The maximum absolute atomic E-state index is 13.4. The molecule has 0 bridgehead atoms. The fourth-order valence-electron chi connectivity index (χ4n) is 1.65. The lowest BCUT2D eigenvalue weighted by Gasteiger charge is -2.08. The van der Waals surface area contributed by atoms with Crippen molar-refractivity contribution in [2.75, 3.05) is 0 Å². The Balaban J connectivity index is 2.17. The Morgan fingerprint density at radius 2 is 1.67 bits per heavy atom. The molecule has 1 N–H and O–H groups in total. The van der Waals surface area contributed by atoms with Crippen molar-refractivity contribution in [3.63, 3.8) is 0 Å². The zero-order chi connectivity index (χ0) is 15.6. The minimum atomic E-state index is -4.00. The summed E-state index contributed by atoms with van der Waals surface area (Å²) in [5.41, 5.74) is 0.867. The summed E-state index contributed by atoms with van der Waals surface area (Å²) in [5.74, 6) is -2.83. The van der Waals surface area contributed by atoms with Crippen LogP contribution in [-0.2, 0) is 16.6 Å². The van der Waals surface area contributed by atoms with Gasteiger partial charge in [0.2, 0.25) is 10.0 Å². The maximum Gasteiger partial charge on any atom is 0.240 e. The molecule has 0 atom stereocenters. The number of nitrogens with one attached hydrogen (secondary N) is 1. The average molecular weight is 315 g/mol. The fourth-order valence-corrected chi connectivity index (χ4v) is 2.68. The highest BCUT2D eigenvalue weighted by Gasteiger charge is 2.16. The molecule has 0 saturated heterocycles. The molecule has 0 radical (unpaired) electrons. The molecule has 0 fully saturated rings. The second-order valence-corrected chi connectivity index (χ2v) is 6.25. The van der Waals surface area contributed by atoms with Crippen LogP contribution in [0.3, 0.4) is 0 Å². The van der Waals surface area contributed by atoms with Crippen LogP contribution in [0.5, 0.6) is 0 Å². The molecule has 0 unspecified atom stereocenters. The lowest BCUT2D eigenvalue weighted by molar-refractivity contribution is 0.504. The largest absolute Gasteiger partial charge is 0.240 e. The van der Waals surface area contributed by atoms with E-state index in [2.05, 4.69) is 4.72 Å². The number of benzene rings is 2. The Bertz CT molecular complexity index is 776. The molecule has 0 aliphatic heterocycles. The zero-order valence-corrected chi connectivity index (χ0v) is 11.8. The highest BCUT2D eigenvalue weighted by molar-refractivity contribution is 7.89. The molecule has 112 valence electrons. The van der Waals surface area contributed by atoms with E-state index in [0.29, 0.717) is 17.2 Å². The normalized spacial score (nSPS) is 11.6. The SMILES string of the molecule is Cc1ccc(CNS(=O)(=O)c2ccc(F)c(F)c2)cc1F. The molecule has 0 spiro atoms. The van der Waals surface area contributed by atoms with E-state index in [0.717, 1.165) is 12.1 Å². The third-order valence-electron chi connectivity index (χ3n) is 2.90. The summed E-state index contributed by atoms with van der Waals surface area (Å²) in [6.45, 7) is 1.43. The van der Waals surface area contributed by atoms with Crippen LogP contribution in [0.15, 0.2) is 41.3 Å². The van der Waals surface area contributed by atoms with Gasteiger partial charge in [-0.1, -0.05) is 12.1 Å². The van der Waals surface area contributed by atoms with Crippen LogP contribution in [0.1, 0.15) is 11.1 Å². The van der Waals surface area contributed by atoms with Crippen LogP contribution < -0.4 is 4.72 Å². The van der Waals surface area contributed by atoms with Gasteiger partial charge in [0, 0.05) is 6.54 Å². The molecule has 7 heteroatoms. The lowest BCUT2D eigenvalue weighted by atomic mass is 10.1. The molecule has 2 aromatic carbocycles. The Kier molecular flexibility index (Phi) is 4.34. The molecule has 2 aromatic rings. The van der Waals surface area contributed by atoms with Gasteiger partial charge in [-0.25, -0.2) is 26.3 Å². The smallest absolute Gasteiger partial charge is 0.207 e. The van der Waals surface area contributed by atoms with Crippen LogP contribution in [0.4, 0.5) is 13.2 Å². The molecule has 0 aliphatic rings. The van der Waals surface area contributed by atoms with Gasteiger partial charge in [-0.05, 0) is 42.3 Å². The number of sulfonamides is 1. The third kappa shape index (κ3) is 3.62. The number of halogens is 3. The monoisotopic (exact) mass is 315 g/mol. The summed E-state index contributed by atoms with van der Waals surface area (Å²) in [4.78, 5) is -0.394. The van der Waals surface area contributed by atoms with Gasteiger partial charge < -0.3 is 0 Å². The summed E-state index contributed by atoms with van der Waals surface area (Å²) in [7, 11) is -4.00. The predicted octanol–water partition coefficient (Wildman–Crippen LogP) is 2.89. The molecule has 3 nitrogen and oxygen atoms in total. The Morgan fingerprint density at radius 1 is 0.952 bits per heavy atom. The van der Waals surface area contributed by atoms with E-state index in [9.17, 15) is 21.6 Å². The van der Waals surface area contributed by atoms with E-state index in [4.69, 9.17) is 0 Å². The zero-order valence-electron chi connectivity index (χ0n) is 11.0. The van der Waals surface area contributed by atoms with Gasteiger partial charge in [-0.3, -0.25) is 0 Å². The van der Waals surface area contributed by atoms with Crippen LogP contribution in [0.25, 0.3) is 0 Å². The van der Waals surface area contributed by atoms with Gasteiger partial charge in [-0.15, -0.1) is 0 Å². The summed E-state index contributed by atoms with van der Waals surface area (Å²) in [6.07, 6.45) is 0. The molecular weight excluding hydrogens is 303 g/mol. The third-order valence-corrected chi connectivity index (χ3v) is 4.30. The lowest BCUT2D eigenvalue weighted by Crippen LogP contribution is -2.23. The van der Waals surface area contributed by atoms with Gasteiger partial charge in [-0.2, -0.15) is 0 Å². The minimum absolute atomic E-state index is 0.154. The first-order chi connectivity index (χ1) is 9.79. The molecular formula is C14H12F3NO2S. The highest BCUT2D eigenvalue weighted by atomic mass is 32.2. The number of rotatable bonds is 4. The highest BCUT2D eigenvalue weighted by Crippen LogP contribution is 2.15. The molecule has 2 rings (SSSR count). The van der Waals surface area contributed by atoms with Crippen molar-refractivity contribution in [3.05, 3.63) is 65.0 Å². The topological polar surface area (TPSA) is 46.2 Å².